The van der Waals surface area contributed by atoms with Crippen LogP contribution in [0.1, 0.15) is 27.7 Å². The number of likely N-dealkylation sites (N-methyl/N-ethyl adjacent to an activating group) is 1. The number of amidine groups is 1. The van der Waals surface area contributed by atoms with Crippen LogP contribution in [-0.2, 0) is 4.79 Å². The van der Waals surface area contributed by atoms with E-state index in [0.717, 1.165) is 21.2 Å². The Kier molecular flexibility index (Phi) is 4.90. The lowest BCUT2D eigenvalue weighted by Gasteiger charge is -2.23. The first kappa shape index (κ1) is 17.0. The molecule has 0 radical (unpaired) electrons. The van der Waals surface area contributed by atoms with E-state index >= 15 is 0 Å². The van der Waals surface area contributed by atoms with Crippen LogP contribution in [0.25, 0.3) is 0 Å². The van der Waals surface area contributed by atoms with Crippen LogP contribution in [-0.4, -0.2) is 40.8 Å². The molecule has 5 heteroatoms. The van der Waals surface area contributed by atoms with Crippen molar-refractivity contribution in [2.24, 2.45) is 15.9 Å². The Bertz CT molecular complexity index is 725. The molecule has 126 valence electrons. The van der Waals surface area contributed by atoms with Crippen molar-refractivity contribution in [3.63, 3.8) is 0 Å². The molecule has 0 aromatic heterocycles. The standard InChI is InChI=1S/C19H23N3OS/c1-5-22-18(23)17(24-19(22)21-12(2)3)13(4)15-10-14-8-6-7-9-16(14)20-11-15/h6-12,14,16H,5H2,1-4H3/b17-13+,21-19?. The van der Waals surface area contributed by atoms with E-state index in [9.17, 15) is 4.79 Å². The highest BCUT2D eigenvalue weighted by molar-refractivity contribution is 8.18. The second kappa shape index (κ2) is 6.93. The molecule has 1 amide bonds. The van der Waals surface area contributed by atoms with E-state index in [1.54, 1.807) is 4.90 Å². The van der Waals surface area contributed by atoms with Crippen LogP contribution in [0.15, 0.2) is 56.4 Å². The van der Waals surface area contributed by atoms with Crippen molar-refractivity contribution in [1.29, 1.82) is 0 Å². The van der Waals surface area contributed by atoms with E-state index in [0.29, 0.717) is 6.54 Å². The maximum atomic E-state index is 12.8. The van der Waals surface area contributed by atoms with Crippen molar-refractivity contribution in [1.82, 2.24) is 4.90 Å². The van der Waals surface area contributed by atoms with Gasteiger partial charge in [0.1, 0.15) is 0 Å². The Morgan fingerprint density at radius 2 is 2.12 bits per heavy atom. The molecule has 2 unspecified atom stereocenters. The van der Waals surface area contributed by atoms with E-state index in [1.807, 2.05) is 40.0 Å². The molecule has 3 aliphatic rings. The molecule has 1 aliphatic carbocycles. The van der Waals surface area contributed by atoms with Gasteiger partial charge in [-0.25, -0.2) is 0 Å². The summed E-state index contributed by atoms with van der Waals surface area (Å²) in [5.41, 5.74) is 2.02. The molecule has 4 nitrogen and oxygen atoms in total. The molecule has 0 saturated carbocycles. The maximum Gasteiger partial charge on any atom is 0.266 e. The first-order valence-corrected chi connectivity index (χ1v) is 9.21. The fourth-order valence-corrected chi connectivity index (χ4v) is 4.15. The zero-order chi connectivity index (χ0) is 17.3. The van der Waals surface area contributed by atoms with E-state index in [-0.39, 0.29) is 23.9 Å². The minimum absolute atomic E-state index is 0.0508. The Morgan fingerprint density at radius 1 is 1.38 bits per heavy atom. The Morgan fingerprint density at radius 3 is 2.83 bits per heavy atom. The van der Waals surface area contributed by atoms with Gasteiger partial charge in [0.15, 0.2) is 5.17 Å². The quantitative estimate of drug-likeness (QED) is 0.734. The molecule has 2 aliphatic heterocycles. The van der Waals surface area contributed by atoms with E-state index in [4.69, 9.17) is 0 Å². The molecular weight excluding hydrogens is 318 g/mol. The first-order chi connectivity index (χ1) is 11.5. The smallest absolute Gasteiger partial charge is 0.266 e. The second-order valence-corrected chi connectivity index (χ2v) is 7.33. The van der Waals surface area contributed by atoms with Crippen molar-refractivity contribution in [3.8, 4) is 0 Å². The van der Waals surface area contributed by atoms with Gasteiger partial charge in [-0.2, -0.15) is 0 Å². The predicted molar refractivity (Wildman–Crippen MR) is 102 cm³/mol. The molecule has 0 aromatic carbocycles. The summed E-state index contributed by atoms with van der Waals surface area (Å²) in [5.74, 6) is 0.327. The number of fused-ring (bicyclic) bond motifs is 1. The number of thioether (sulfide) groups is 1. The number of dihydropyridines is 1. The van der Waals surface area contributed by atoms with Gasteiger partial charge in [0, 0.05) is 24.7 Å². The number of carbonyl (C=O) groups excluding carboxylic acids is 1. The number of allylic oxidation sites excluding steroid dienone is 4. The van der Waals surface area contributed by atoms with E-state index in [1.165, 1.54) is 11.8 Å². The number of nitrogens with zero attached hydrogens (tertiary/aromatic N) is 3. The molecule has 3 rings (SSSR count). The number of carbonyl (C=O) groups is 1. The average molecular weight is 341 g/mol. The molecule has 0 bridgehead atoms. The largest absolute Gasteiger partial charge is 0.287 e. The highest BCUT2D eigenvalue weighted by Crippen LogP contribution is 2.36. The van der Waals surface area contributed by atoms with Crippen molar-refractivity contribution in [2.45, 2.75) is 39.8 Å². The lowest BCUT2D eigenvalue weighted by Crippen LogP contribution is -2.29. The zero-order valence-corrected chi connectivity index (χ0v) is 15.4. The Labute approximate surface area is 147 Å². The van der Waals surface area contributed by atoms with Gasteiger partial charge in [-0.05, 0) is 50.6 Å². The van der Waals surface area contributed by atoms with Gasteiger partial charge in [0.25, 0.3) is 5.91 Å². The van der Waals surface area contributed by atoms with Gasteiger partial charge < -0.3 is 0 Å². The third-order valence-corrected chi connectivity index (χ3v) is 5.42. The monoisotopic (exact) mass is 341 g/mol. The second-order valence-electron chi connectivity index (χ2n) is 6.35. The van der Waals surface area contributed by atoms with Crippen LogP contribution in [0.4, 0.5) is 0 Å². The van der Waals surface area contributed by atoms with Crippen molar-refractivity contribution >= 4 is 29.1 Å². The zero-order valence-electron chi connectivity index (χ0n) is 14.6. The molecule has 24 heavy (non-hydrogen) atoms. The molecule has 1 fully saturated rings. The van der Waals surface area contributed by atoms with Crippen molar-refractivity contribution in [3.05, 3.63) is 46.4 Å². The molecular formula is C19H23N3OS. The summed E-state index contributed by atoms with van der Waals surface area (Å²) in [5, 5.41) is 0.804. The highest BCUT2D eigenvalue weighted by atomic mass is 32.2. The normalized spacial score (nSPS) is 29.5. The van der Waals surface area contributed by atoms with Crippen LogP contribution >= 0.6 is 11.8 Å². The van der Waals surface area contributed by atoms with Gasteiger partial charge in [-0.1, -0.05) is 30.4 Å². The Balaban J connectivity index is 1.93. The van der Waals surface area contributed by atoms with Gasteiger partial charge in [-0.15, -0.1) is 0 Å². The van der Waals surface area contributed by atoms with Crippen LogP contribution in [0.2, 0.25) is 0 Å². The lowest BCUT2D eigenvalue weighted by atomic mass is 9.89. The third kappa shape index (κ3) is 3.18. The summed E-state index contributed by atoms with van der Waals surface area (Å²) in [6.45, 7) is 8.68. The van der Waals surface area contributed by atoms with Gasteiger partial charge in [-0.3, -0.25) is 19.7 Å². The lowest BCUT2D eigenvalue weighted by molar-refractivity contribution is -0.122. The fraction of sp³-hybridized carbons (Fsp3) is 0.421. The molecule has 2 atom stereocenters. The topological polar surface area (TPSA) is 45.0 Å². The number of hydrogen-bond acceptors (Lipinski definition) is 4. The average Bonchev–Trinajstić information content (AvgIpc) is 2.88. The summed E-state index contributed by atoms with van der Waals surface area (Å²) in [7, 11) is 0. The summed E-state index contributed by atoms with van der Waals surface area (Å²) in [6.07, 6.45) is 12.5. The fourth-order valence-electron chi connectivity index (χ4n) is 2.92. The summed E-state index contributed by atoms with van der Waals surface area (Å²) in [4.78, 5) is 24.5. The molecule has 0 spiro atoms. The SMILES string of the molecule is CCN1C(=O)/C(=C(/C)C2=CC3C=CC=CC3N=C2)SC1=NC(C)C. The van der Waals surface area contributed by atoms with Crippen molar-refractivity contribution in [2.75, 3.05) is 6.54 Å². The van der Waals surface area contributed by atoms with Crippen molar-refractivity contribution < 1.29 is 4.79 Å². The minimum Gasteiger partial charge on any atom is -0.287 e. The highest BCUT2D eigenvalue weighted by Gasteiger charge is 2.34. The van der Waals surface area contributed by atoms with Crippen LogP contribution < -0.4 is 0 Å². The molecule has 2 heterocycles. The van der Waals surface area contributed by atoms with Crippen LogP contribution in [0.5, 0.6) is 0 Å². The first-order valence-electron chi connectivity index (χ1n) is 8.40. The summed E-state index contributed by atoms with van der Waals surface area (Å²) >= 11 is 1.48. The van der Waals surface area contributed by atoms with Crippen LogP contribution in [0.3, 0.4) is 0 Å². The maximum absolute atomic E-state index is 12.8. The van der Waals surface area contributed by atoms with Gasteiger partial charge >= 0.3 is 0 Å². The van der Waals surface area contributed by atoms with E-state index in [2.05, 4.69) is 34.3 Å². The molecule has 1 saturated heterocycles. The summed E-state index contributed by atoms with van der Waals surface area (Å²) in [6, 6.07) is 0.359. The molecule has 0 aromatic rings. The number of amides is 1. The van der Waals surface area contributed by atoms with Gasteiger partial charge in [0.05, 0.1) is 10.9 Å². The predicted octanol–water partition coefficient (Wildman–Crippen LogP) is 3.74. The minimum atomic E-state index is 0.0508. The van der Waals surface area contributed by atoms with E-state index < -0.39 is 0 Å². The third-order valence-electron chi connectivity index (χ3n) is 4.23. The number of hydrogen-bond donors (Lipinski definition) is 0. The summed E-state index contributed by atoms with van der Waals surface area (Å²) < 4.78 is 0. The number of aliphatic imine (C=N–C) groups is 2. The Hall–Kier alpha value is -1.88. The van der Waals surface area contributed by atoms with Gasteiger partial charge in [0.2, 0.25) is 0 Å². The molecule has 0 N–H and O–H groups in total. The van der Waals surface area contributed by atoms with Crippen LogP contribution in [0, 0.1) is 5.92 Å². The number of rotatable bonds is 3.